The van der Waals surface area contributed by atoms with Gasteiger partial charge in [-0.2, -0.15) is 0 Å². The van der Waals surface area contributed by atoms with Gasteiger partial charge in [0.05, 0.1) is 0 Å². The van der Waals surface area contributed by atoms with Crippen LogP contribution in [0.1, 0.15) is 39.1 Å². The summed E-state index contributed by atoms with van der Waals surface area (Å²) in [7, 11) is 0. The largest absolute Gasteiger partial charge is 0.367 e. The molecule has 1 aromatic heterocycles. The molecular weight excluding hydrogens is 278 g/mol. The van der Waals surface area contributed by atoms with Crippen molar-refractivity contribution in [2.75, 3.05) is 13.1 Å². The lowest BCUT2D eigenvalue weighted by Gasteiger charge is -2.11. The number of hydrogen-bond donors (Lipinski definition) is 3. The first-order valence-corrected chi connectivity index (χ1v) is 7.53. The van der Waals surface area contributed by atoms with Gasteiger partial charge in [-0.3, -0.25) is 9.59 Å². The van der Waals surface area contributed by atoms with Crippen molar-refractivity contribution in [1.82, 2.24) is 15.6 Å². The molecule has 1 unspecified atom stereocenters. The number of aromatic amines is 1. The van der Waals surface area contributed by atoms with Gasteiger partial charge < -0.3 is 15.6 Å². The van der Waals surface area contributed by atoms with E-state index in [-0.39, 0.29) is 11.7 Å². The number of carbonyl (C=O) groups is 2. The molecule has 0 spiro atoms. The molecule has 1 amide bonds. The van der Waals surface area contributed by atoms with E-state index >= 15 is 0 Å². The van der Waals surface area contributed by atoms with E-state index in [9.17, 15) is 9.59 Å². The van der Waals surface area contributed by atoms with Gasteiger partial charge in [0.25, 0.3) is 5.91 Å². The molecule has 22 heavy (non-hydrogen) atoms. The fraction of sp³-hybridized carbons (Fsp3) is 0.294. The van der Waals surface area contributed by atoms with E-state index in [2.05, 4.69) is 15.6 Å². The number of nitrogens with one attached hydrogen (secondary N) is 3. The summed E-state index contributed by atoms with van der Waals surface area (Å²) in [4.78, 5) is 27.1. The lowest BCUT2D eigenvalue weighted by Crippen LogP contribution is -2.37. The highest BCUT2D eigenvalue weighted by atomic mass is 16.1. The molecule has 1 atom stereocenters. The molecule has 114 valence electrons. The molecule has 0 bridgehead atoms. The van der Waals surface area contributed by atoms with E-state index in [1.165, 1.54) is 0 Å². The summed E-state index contributed by atoms with van der Waals surface area (Å²) in [6.07, 6.45) is 5.64. The Hall–Kier alpha value is -2.40. The minimum absolute atomic E-state index is 0.0524. The quantitative estimate of drug-likeness (QED) is 0.736. The summed E-state index contributed by atoms with van der Waals surface area (Å²) in [5.74, 6) is -0.155. The van der Waals surface area contributed by atoms with E-state index in [0.29, 0.717) is 29.3 Å². The monoisotopic (exact) mass is 297 g/mol. The maximum atomic E-state index is 12.2. The number of hydrogen-bond acceptors (Lipinski definition) is 3. The normalized spacial score (nSPS) is 17.4. The van der Waals surface area contributed by atoms with E-state index in [1.807, 2.05) is 0 Å². The first kappa shape index (κ1) is 14.5. The highest BCUT2D eigenvalue weighted by Gasteiger charge is 2.15. The van der Waals surface area contributed by atoms with Crippen LogP contribution >= 0.6 is 0 Å². The van der Waals surface area contributed by atoms with E-state index in [4.69, 9.17) is 0 Å². The molecule has 2 heterocycles. The van der Waals surface area contributed by atoms with Gasteiger partial charge in [-0.1, -0.05) is 12.1 Å². The standard InChI is InChI=1S/C17H19N3O2/c21-16(14-7-9-18-10-14)12-3-5-13(6-4-12)17(22)20-11-15-2-1-8-19-15/h3-7,9-10,15,18-19H,1-2,8,11H2,(H,20,22). The molecule has 3 rings (SSSR count). The molecule has 5 nitrogen and oxygen atoms in total. The Labute approximate surface area is 129 Å². The molecule has 1 fully saturated rings. The van der Waals surface area contributed by atoms with Crippen LogP contribution in [0.4, 0.5) is 0 Å². The smallest absolute Gasteiger partial charge is 0.251 e. The lowest BCUT2D eigenvalue weighted by atomic mass is 10.0. The van der Waals surface area contributed by atoms with E-state index < -0.39 is 0 Å². The van der Waals surface area contributed by atoms with Crippen molar-refractivity contribution in [2.45, 2.75) is 18.9 Å². The SMILES string of the molecule is O=C(NCC1CCCN1)c1ccc(C(=O)c2cc[nH]c2)cc1. The number of aromatic nitrogens is 1. The minimum Gasteiger partial charge on any atom is -0.367 e. The maximum Gasteiger partial charge on any atom is 0.251 e. The second-order valence-electron chi connectivity index (χ2n) is 5.51. The van der Waals surface area contributed by atoms with Crippen molar-refractivity contribution in [2.24, 2.45) is 0 Å². The third kappa shape index (κ3) is 3.26. The van der Waals surface area contributed by atoms with Crippen LogP contribution in [0.3, 0.4) is 0 Å². The number of rotatable bonds is 5. The first-order chi connectivity index (χ1) is 10.7. The number of benzene rings is 1. The van der Waals surface area contributed by atoms with Crippen LogP contribution in [-0.2, 0) is 0 Å². The molecule has 1 aliphatic heterocycles. The average molecular weight is 297 g/mol. The molecule has 1 aromatic carbocycles. The Morgan fingerprint density at radius 1 is 1.09 bits per heavy atom. The van der Waals surface area contributed by atoms with Gasteiger partial charge in [-0.25, -0.2) is 0 Å². The van der Waals surface area contributed by atoms with Gasteiger partial charge in [-0.15, -0.1) is 0 Å². The Morgan fingerprint density at radius 3 is 2.50 bits per heavy atom. The molecule has 0 aliphatic carbocycles. The second-order valence-corrected chi connectivity index (χ2v) is 5.51. The molecule has 3 N–H and O–H groups in total. The summed E-state index contributed by atoms with van der Waals surface area (Å²) >= 11 is 0. The summed E-state index contributed by atoms with van der Waals surface area (Å²) in [5.41, 5.74) is 1.77. The number of H-pyrrole nitrogens is 1. The number of carbonyl (C=O) groups excluding carboxylic acids is 2. The molecule has 0 radical (unpaired) electrons. The Balaban J connectivity index is 1.61. The fourth-order valence-corrected chi connectivity index (χ4v) is 2.65. The summed E-state index contributed by atoms with van der Waals surface area (Å²) in [6, 6.07) is 8.88. The third-order valence-corrected chi connectivity index (χ3v) is 3.94. The average Bonchev–Trinajstić information content (AvgIpc) is 3.25. The van der Waals surface area contributed by atoms with Crippen molar-refractivity contribution >= 4 is 11.7 Å². The molecule has 5 heteroatoms. The summed E-state index contributed by atoms with van der Waals surface area (Å²) < 4.78 is 0. The number of amides is 1. The highest BCUT2D eigenvalue weighted by molar-refractivity contribution is 6.09. The molecule has 1 saturated heterocycles. The van der Waals surface area contributed by atoms with Crippen molar-refractivity contribution in [1.29, 1.82) is 0 Å². The predicted molar refractivity (Wildman–Crippen MR) is 84.0 cm³/mol. The van der Waals surface area contributed by atoms with E-state index in [1.54, 1.807) is 42.7 Å². The van der Waals surface area contributed by atoms with E-state index in [0.717, 1.165) is 19.4 Å². The summed E-state index contributed by atoms with van der Waals surface area (Å²) in [6.45, 7) is 1.67. The van der Waals surface area contributed by atoms with Crippen LogP contribution in [0, 0.1) is 0 Å². The predicted octanol–water partition coefficient (Wildman–Crippen LogP) is 1.73. The Morgan fingerprint density at radius 2 is 1.86 bits per heavy atom. The maximum absolute atomic E-state index is 12.2. The van der Waals surface area contributed by atoms with Crippen molar-refractivity contribution in [3.8, 4) is 0 Å². The molecular formula is C17H19N3O2. The van der Waals surface area contributed by atoms with Crippen molar-refractivity contribution in [3.63, 3.8) is 0 Å². The van der Waals surface area contributed by atoms with Crippen molar-refractivity contribution < 1.29 is 9.59 Å². The van der Waals surface area contributed by atoms with Gasteiger partial charge in [0.1, 0.15) is 0 Å². The Bertz CT molecular complexity index is 641. The first-order valence-electron chi connectivity index (χ1n) is 7.53. The molecule has 2 aromatic rings. The second kappa shape index (κ2) is 6.58. The van der Waals surface area contributed by atoms with Crippen LogP contribution in [0.5, 0.6) is 0 Å². The third-order valence-electron chi connectivity index (χ3n) is 3.94. The summed E-state index contributed by atoms with van der Waals surface area (Å²) in [5, 5.41) is 6.27. The van der Waals surface area contributed by atoms with Crippen LogP contribution in [0.2, 0.25) is 0 Å². The van der Waals surface area contributed by atoms with Gasteiger partial charge in [0, 0.05) is 41.7 Å². The Kier molecular flexibility index (Phi) is 4.34. The van der Waals surface area contributed by atoms with Crippen LogP contribution in [-0.4, -0.2) is 35.8 Å². The van der Waals surface area contributed by atoms with Crippen LogP contribution in [0.25, 0.3) is 0 Å². The van der Waals surface area contributed by atoms with Gasteiger partial charge in [-0.05, 0) is 37.6 Å². The van der Waals surface area contributed by atoms with Gasteiger partial charge in [0.2, 0.25) is 0 Å². The molecule has 1 aliphatic rings. The molecule has 0 saturated carbocycles. The van der Waals surface area contributed by atoms with Crippen LogP contribution in [0.15, 0.2) is 42.7 Å². The van der Waals surface area contributed by atoms with Gasteiger partial charge in [0.15, 0.2) is 5.78 Å². The van der Waals surface area contributed by atoms with Gasteiger partial charge >= 0.3 is 0 Å². The highest BCUT2D eigenvalue weighted by Crippen LogP contribution is 2.11. The topological polar surface area (TPSA) is 74.0 Å². The zero-order chi connectivity index (χ0) is 15.4. The minimum atomic E-state index is -0.102. The zero-order valence-corrected chi connectivity index (χ0v) is 12.3. The fourth-order valence-electron chi connectivity index (χ4n) is 2.65. The zero-order valence-electron chi connectivity index (χ0n) is 12.3. The van der Waals surface area contributed by atoms with Crippen molar-refractivity contribution in [3.05, 3.63) is 59.4 Å². The number of ketones is 1. The lowest BCUT2D eigenvalue weighted by molar-refractivity contribution is 0.0949. The van der Waals surface area contributed by atoms with Crippen LogP contribution < -0.4 is 10.6 Å².